The van der Waals surface area contributed by atoms with Gasteiger partial charge in [0.05, 0.1) is 18.8 Å². The Hall–Kier alpha value is -4.29. The van der Waals surface area contributed by atoms with Crippen LogP contribution in [0.1, 0.15) is 81.7 Å². The van der Waals surface area contributed by atoms with Crippen molar-refractivity contribution >= 4 is 40.1 Å². The molecular formula is C38H60N8O10Si2. The number of amides is 1. The zero-order chi connectivity index (χ0) is 44.4. The van der Waals surface area contributed by atoms with Crippen LogP contribution in [-0.4, -0.2) is 89.3 Å². The molecule has 0 bridgehead atoms. The molecule has 0 aromatic carbocycles. The summed E-state index contributed by atoms with van der Waals surface area (Å²) in [6.45, 7) is 26.1. The van der Waals surface area contributed by atoms with E-state index in [1.54, 1.807) is 0 Å². The van der Waals surface area contributed by atoms with Crippen LogP contribution in [-0.2, 0) is 32.7 Å². The van der Waals surface area contributed by atoms with E-state index < -0.39 is 82.4 Å². The van der Waals surface area contributed by atoms with Crippen molar-refractivity contribution in [2.75, 3.05) is 24.3 Å². The Morgan fingerprint density at radius 2 is 1.29 bits per heavy atom. The molecular weight excluding hydrogens is 785 g/mol. The van der Waals surface area contributed by atoms with Crippen molar-refractivity contribution in [3.05, 3.63) is 45.5 Å². The zero-order valence-electron chi connectivity index (χ0n) is 36.1. The van der Waals surface area contributed by atoms with E-state index in [1.165, 1.54) is 47.5 Å². The summed E-state index contributed by atoms with van der Waals surface area (Å²) in [5.41, 5.74) is 1.19. The number of rotatable bonds is 10. The predicted molar refractivity (Wildman–Crippen MR) is 219 cm³/mol. The second-order valence-electron chi connectivity index (χ2n) is 18.0. The monoisotopic (exact) mass is 844 g/mol. The van der Waals surface area contributed by atoms with E-state index in [1.807, 2.05) is 13.8 Å². The Morgan fingerprint density at radius 1 is 0.862 bits per heavy atom. The number of nitrogens with zero attached hydrogens (tertiary/aromatic N) is 6. The lowest BCUT2D eigenvalue weighted by atomic mass is 9.92. The lowest BCUT2D eigenvalue weighted by molar-refractivity contribution is -0.153. The van der Waals surface area contributed by atoms with Gasteiger partial charge in [0.1, 0.15) is 42.8 Å². The lowest BCUT2D eigenvalue weighted by Crippen LogP contribution is -2.53. The van der Waals surface area contributed by atoms with Crippen LogP contribution in [0.3, 0.4) is 0 Å². The standard InChI is InChI=1S/C21H32N4O6Si.C17H28N4O4Si/c1-13-17(31-32(7,8)20(4,5)6)21(11-22,12-29-15(3)27)30-18(13)25-10-9-16(23-14(2)26)24-19(25)28;1-11-13(25-26(5,6)16(2,3)4)17(9-18,10-22)24-14(11)21-8-7-12(19)20-15(21)23/h9-10,13,17-18H,12H2,1-8H3,(H,23,24,26,28);7-8,11,13-14,22H,10H2,1-6H3,(H2,19,20,23). The van der Waals surface area contributed by atoms with Crippen LogP contribution in [0.2, 0.25) is 36.3 Å². The second-order valence-corrected chi connectivity index (χ2v) is 27.5. The zero-order valence-corrected chi connectivity index (χ0v) is 38.1. The van der Waals surface area contributed by atoms with E-state index in [0.29, 0.717) is 0 Å². The third kappa shape index (κ3) is 10.1. The minimum absolute atomic E-state index is 0.0823. The minimum Gasteiger partial charge on any atom is -0.462 e. The Bertz CT molecular complexity index is 2030. The van der Waals surface area contributed by atoms with E-state index in [2.05, 4.69) is 95.2 Å². The van der Waals surface area contributed by atoms with Gasteiger partial charge < -0.3 is 39.2 Å². The summed E-state index contributed by atoms with van der Waals surface area (Å²) in [5, 5.41) is 32.0. The Kier molecular flexibility index (Phi) is 14.5. The van der Waals surface area contributed by atoms with Crippen LogP contribution >= 0.6 is 0 Å². The van der Waals surface area contributed by atoms with Crippen LogP contribution in [0.4, 0.5) is 11.6 Å². The number of carbonyl (C=O) groups is 2. The molecule has 0 aliphatic carbocycles. The van der Waals surface area contributed by atoms with E-state index in [-0.39, 0.29) is 40.1 Å². The largest absolute Gasteiger partial charge is 0.462 e. The van der Waals surface area contributed by atoms with Crippen molar-refractivity contribution < 1.29 is 37.8 Å². The maximum absolute atomic E-state index is 12.7. The highest BCUT2D eigenvalue weighted by Gasteiger charge is 2.60. The molecule has 2 saturated heterocycles. The molecule has 2 aromatic heterocycles. The van der Waals surface area contributed by atoms with E-state index >= 15 is 0 Å². The first-order valence-electron chi connectivity index (χ1n) is 19.0. The Morgan fingerprint density at radius 3 is 1.67 bits per heavy atom. The van der Waals surface area contributed by atoms with Gasteiger partial charge in [-0.3, -0.25) is 18.7 Å². The van der Waals surface area contributed by atoms with Crippen LogP contribution in [0.5, 0.6) is 0 Å². The van der Waals surface area contributed by atoms with E-state index in [4.69, 9.17) is 28.8 Å². The molecule has 4 rings (SSSR count). The molecule has 18 nitrogen and oxygen atoms in total. The molecule has 8 unspecified atom stereocenters. The van der Waals surface area contributed by atoms with Crippen LogP contribution < -0.4 is 22.4 Å². The number of nitrogens with two attached hydrogens (primary N) is 1. The van der Waals surface area contributed by atoms with Gasteiger partial charge in [-0.2, -0.15) is 20.5 Å². The maximum atomic E-state index is 12.7. The van der Waals surface area contributed by atoms with Crippen molar-refractivity contribution in [2.24, 2.45) is 11.8 Å². The lowest BCUT2D eigenvalue weighted by Gasteiger charge is -2.41. The summed E-state index contributed by atoms with van der Waals surface area (Å²) < 4.78 is 32.8. The average molecular weight is 845 g/mol. The number of nitrogen functional groups attached to an aromatic ring is 1. The van der Waals surface area contributed by atoms with Crippen molar-refractivity contribution in [3.8, 4) is 12.1 Å². The topological polar surface area (TPSA) is 256 Å². The fraction of sp³-hybridized carbons (Fsp3) is 0.684. The summed E-state index contributed by atoms with van der Waals surface area (Å²) in [6, 6.07) is 7.19. The van der Waals surface area contributed by atoms with Gasteiger partial charge in [0.25, 0.3) is 0 Å². The predicted octanol–water partition coefficient (Wildman–Crippen LogP) is 4.22. The molecule has 0 saturated carbocycles. The highest BCUT2D eigenvalue weighted by atomic mass is 28.4. The number of anilines is 2. The van der Waals surface area contributed by atoms with Crippen molar-refractivity contribution in [1.29, 1.82) is 10.5 Å². The number of hydrogen-bond acceptors (Lipinski definition) is 15. The molecule has 2 aromatic rings. The SMILES string of the molecule is CC(=O)Nc1ccn(C2OC(C#N)(COC(C)=O)C(O[Si](C)(C)C(C)(C)C)C2C)c(=O)n1.CC1C(n2ccc(N)nc2=O)OC(C#N)(CO)C1O[Si](C)(C)C(C)(C)C. The number of esters is 1. The number of aliphatic hydroxyl groups is 1. The van der Waals surface area contributed by atoms with Gasteiger partial charge >= 0.3 is 17.3 Å². The van der Waals surface area contributed by atoms with Gasteiger partial charge in [-0.15, -0.1) is 0 Å². The highest BCUT2D eigenvalue weighted by Crippen LogP contribution is 2.48. The molecule has 58 heavy (non-hydrogen) atoms. The van der Waals surface area contributed by atoms with Gasteiger partial charge in [-0.05, 0) is 48.4 Å². The summed E-state index contributed by atoms with van der Waals surface area (Å²) >= 11 is 0. The first kappa shape index (κ1) is 48.1. The second kappa shape index (κ2) is 17.5. The first-order chi connectivity index (χ1) is 26.5. The molecule has 320 valence electrons. The Labute approximate surface area is 341 Å². The number of nitrogens with one attached hydrogen (secondary N) is 1. The first-order valence-corrected chi connectivity index (χ1v) is 24.8. The van der Waals surface area contributed by atoms with Gasteiger partial charge in [-0.25, -0.2) is 9.59 Å². The van der Waals surface area contributed by atoms with Crippen LogP contribution in [0.25, 0.3) is 0 Å². The van der Waals surface area contributed by atoms with E-state index in [9.17, 15) is 34.8 Å². The quantitative estimate of drug-likeness (QED) is 0.224. The third-order valence-electron chi connectivity index (χ3n) is 11.5. The average Bonchev–Trinajstić information content (AvgIpc) is 3.52. The smallest absolute Gasteiger partial charge is 0.351 e. The van der Waals surface area contributed by atoms with Crippen molar-refractivity contribution in [1.82, 2.24) is 19.1 Å². The number of nitriles is 2. The van der Waals surface area contributed by atoms with Gasteiger partial charge in [-0.1, -0.05) is 55.4 Å². The highest BCUT2D eigenvalue weighted by molar-refractivity contribution is 6.74. The summed E-state index contributed by atoms with van der Waals surface area (Å²) in [6.07, 6.45) is -0.152. The van der Waals surface area contributed by atoms with Gasteiger partial charge in [0, 0.05) is 38.1 Å². The number of aliphatic hydroxyl groups excluding tert-OH is 1. The number of hydrogen-bond donors (Lipinski definition) is 3. The fourth-order valence-corrected chi connectivity index (χ4v) is 8.90. The molecule has 1 amide bonds. The van der Waals surface area contributed by atoms with E-state index in [0.717, 1.165) is 0 Å². The number of aromatic nitrogens is 4. The molecule has 0 spiro atoms. The summed E-state index contributed by atoms with van der Waals surface area (Å²) in [7, 11) is -4.62. The van der Waals surface area contributed by atoms with Crippen LogP contribution in [0.15, 0.2) is 34.1 Å². The number of carbonyl (C=O) groups excluding carboxylic acids is 2. The molecule has 4 heterocycles. The summed E-state index contributed by atoms with van der Waals surface area (Å²) in [5.74, 6) is -1.47. The maximum Gasteiger partial charge on any atom is 0.351 e. The third-order valence-corrected chi connectivity index (χ3v) is 20.4. The fourth-order valence-electron chi connectivity index (χ4n) is 6.12. The molecule has 4 N–H and O–H groups in total. The molecule has 20 heteroatoms. The molecule has 2 aliphatic heterocycles. The molecule has 0 radical (unpaired) electrons. The van der Waals surface area contributed by atoms with Crippen molar-refractivity contribution in [3.63, 3.8) is 0 Å². The molecule has 2 fully saturated rings. The minimum atomic E-state index is -2.37. The number of ether oxygens (including phenoxy) is 3. The summed E-state index contributed by atoms with van der Waals surface area (Å²) in [4.78, 5) is 55.3. The van der Waals surface area contributed by atoms with Crippen molar-refractivity contribution in [2.45, 2.75) is 141 Å². The van der Waals surface area contributed by atoms with Gasteiger partial charge in [0.15, 0.2) is 16.6 Å². The normalized spacial score (nSPS) is 27.5. The van der Waals surface area contributed by atoms with Gasteiger partial charge in [0.2, 0.25) is 17.1 Å². The Balaban J connectivity index is 0.000000317. The molecule has 2 aliphatic rings. The molecule has 8 atom stereocenters. The van der Waals surface area contributed by atoms with Crippen LogP contribution in [0, 0.1) is 34.5 Å².